The highest BCUT2D eigenvalue weighted by atomic mass is 19.1. The van der Waals surface area contributed by atoms with E-state index in [9.17, 15) is 9.18 Å². The quantitative estimate of drug-likeness (QED) is 0.827. The van der Waals surface area contributed by atoms with E-state index in [-0.39, 0.29) is 29.9 Å². The number of fused-ring (bicyclic) bond motifs is 1. The molecule has 2 atom stereocenters. The zero-order chi connectivity index (χ0) is 17.0. The summed E-state index contributed by atoms with van der Waals surface area (Å²) < 4.78 is 29.7. The summed E-state index contributed by atoms with van der Waals surface area (Å²) in [5.74, 6) is 0.112. The number of amides is 1. The fraction of sp³-hybridized carbons (Fsp3) is 0.611. The Hall–Kier alpha value is -1.66. The molecule has 1 aromatic rings. The molecule has 0 saturated carbocycles. The highest BCUT2D eigenvalue weighted by Gasteiger charge is 2.47. The summed E-state index contributed by atoms with van der Waals surface area (Å²) in [4.78, 5) is 14.3. The summed E-state index contributed by atoms with van der Waals surface area (Å²) >= 11 is 0. The number of hydrogen-bond donors (Lipinski definition) is 0. The van der Waals surface area contributed by atoms with Crippen LogP contribution >= 0.6 is 0 Å². The number of carbonyl (C=O) groups excluding carboxylic acids is 1. The highest BCUT2D eigenvalue weighted by molar-refractivity contribution is 5.78. The number of ether oxygens (including phenoxy) is 3. The zero-order valence-corrected chi connectivity index (χ0v) is 14.0. The van der Waals surface area contributed by atoms with Gasteiger partial charge in [-0.3, -0.25) is 4.79 Å². The highest BCUT2D eigenvalue weighted by Crippen LogP contribution is 2.40. The van der Waals surface area contributed by atoms with Crippen LogP contribution in [0.25, 0.3) is 0 Å². The van der Waals surface area contributed by atoms with Crippen LogP contribution in [0.2, 0.25) is 0 Å². The summed E-state index contributed by atoms with van der Waals surface area (Å²) in [5.41, 5.74) is -0.114. The summed E-state index contributed by atoms with van der Waals surface area (Å²) in [6.45, 7) is 2.65. The van der Waals surface area contributed by atoms with Crippen molar-refractivity contribution < 1.29 is 23.4 Å². The number of carbonyl (C=O) groups is 1. The van der Waals surface area contributed by atoms with Crippen molar-refractivity contribution in [3.8, 4) is 5.75 Å². The van der Waals surface area contributed by atoms with Crippen molar-refractivity contribution in [3.63, 3.8) is 0 Å². The molecule has 6 heteroatoms. The van der Waals surface area contributed by atoms with Crippen LogP contribution in [0, 0.1) is 11.2 Å². The molecule has 1 aromatic carbocycles. The summed E-state index contributed by atoms with van der Waals surface area (Å²) in [6.07, 6.45) is 2.99. The fourth-order valence-electron chi connectivity index (χ4n) is 3.77. The van der Waals surface area contributed by atoms with Gasteiger partial charge in [0.05, 0.1) is 12.7 Å². The molecule has 2 aliphatic rings. The topological polar surface area (TPSA) is 48.0 Å². The number of piperidine rings is 1. The molecule has 3 rings (SSSR count). The van der Waals surface area contributed by atoms with E-state index < -0.39 is 0 Å². The Balaban J connectivity index is 1.59. The van der Waals surface area contributed by atoms with Gasteiger partial charge in [0.25, 0.3) is 5.91 Å². The van der Waals surface area contributed by atoms with Crippen LogP contribution in [0.1, 0.15) is 19.3 Å². The lowest BCUT2D eigenvalue weighted by molar-refractivity contribution is -0.163. The minimum atomic E-state index is -0.324. The summed E-state index contributed by atoms with van der Waals surface area (Å²) in [5, 5.41) is 0. The van der Waals surface area contributed by atoms with Crippen molar-refractivity contribution in [2.45, 2.75) is 25.4 Å². The molecule has 0 spiro atoms. The number of rotatable bonds is 5. The summed E-state index contributed by atoms with van der Waals surface area (Å²) in [7, 11) is 1.69. The lowest BCUT2D eigenvalue weighted by atomic mass is 9.73. The molecule has 0 radical (unpaired) electrons. The second-order valence-corrected chi connectivity index (χ2v) is 6.60. The molecule has 0 bridgehead atoms. The van der Waals surface area contributed by atoms with Gasteiger partial charge in [0.15, 0.2) is 6.61 Å². The minimum Gasteiger partial charge on any atom is -0.484 e. The fourth-order valence-corrected chi connectivity index (χ4v) is 3.77. The second-order valence-electron chi connectivity index (χ2n) is 6.60. The van der Waals surface area contributed by atoms with Crippen molar-refractivity contribution in [2.75, 3.05) is 40.0 Å². The molecule has 0 N–H and O–H groups in total. The van der Waals surface area contributed by atoms with Crippen LogP contribution in [-0.4, -0.2) is 56.9 Å². The smallest absolute Gasteiger partial charge is 0.260 e. The molecule has 24 heavy (non-hydrogen) atoms. The van der Waals surface area contributed by atoms with Crippen molar-refractivity contribution in [1.29, 1.82) is 0 Å². The first-order valence-corrected chi connectivity index (χ1v) is 8.40. The molecule has 0 unspecified atom stereocenters. The Kier molecular flexibility index (Phi) is 5.36. The van der Waals surface area contributed by atoms with Gasteiger partial charge in [0.2, 0.25) is 0 Å². The van der Waals surface area contributed by atoms with Crippen LogP contribution in [0.4, 0.5) is 4.39 Å². The van der Waals surface area contributed by atoms with Crippen LogP contribution in [0.3, 0.4) is 0 Å². The van der Waals surface area contributed by atoms with Crippen molar-refractivity contribution in [1.82, 2.24) is 4.90 Å². The van der Waals surface area contributed by atoms with Gasteiger partial charge in [0.1, 0.15) is 11.6 Å². The zero-order valence-electron chi connectivity index (χ0n) is 14.0. The van der Waals surface area contributed by atoms with Gasteiger partial charge in [-0.15, -0.1) is 0 Å². The number of likely N-dealkylation sites (tertiary alicyclic amines) is 1. The normalized spacial score (nSPS) is 26.8. The molecule has 2 fully saturated rings. The van der Waals surface area contributed by atoms with Crippen LogP contribution in [0.5, 0.6) is 5.75 Å². The predicted molar refractivity (Wildman–Crippen MR) is 86.4 cm³/mol. The lowest BCUT2D eigenvalue weighted by Gasteiger charge is -2.50. The second kappa shape index (κ2) is 7.49. The van der Waals surface area contributed by atoms with Crippen LogP contribution < -0.4 is 4.74 Å². The number of methoxy groups -OCH3 is 1. The molecule has 132 valence electrons. The number of halogens is 1. The Morgan fingerprint density at radius 3 is 2.96 bits per heavy atom. The molecule has 1 amide bonds. The molecular formula is C18H24FNO4. The molecule has 2 aliphatic heterocycles. The maximum atomic E-state index is 12.9. The molecular weight excluding hydrogens is 313 g/mol. The van der Waals surface area contributed by atoms with E-state index in [0.29, 0.717) is 25.4 Å². The number of benzene rings is 1. The Labute approximate surface area is 141 Å². The maximum absolute atomic E-state index is 12.9. The molecule has 0 aliphatic carbocycles. The van der Waals surface area contributed by atoms with Gasteiger partial charge < -0.3 is 19.1 Å². The van der Waals surface area contributed by atoms with Gasteiger partial charge in [-0.2, -0.15) is 0 Å². The van der Waals surface area contributed by atoms with E-state index >= 15 is 0 Å². The van der Waals surface area contributed by atoms with Gasteiger partial charge in [-0.05, 0) is 43.5 Å². The van der Waals surface area contributed by atoms with Gasteiger partial charge in [-0.25, -0.2) is 4.39 Å². The van der Waals surface area contributed by atoms with Crippen molar-refractivity contribution in [2.24, 2.45) is 5.41 Å². The molecule has 2 saturated heterocycles. The van der Waals surface area contributed by atoms with E-state index in [1.165, 1.54) is 24.3 Å². The number of nitrogens with zero attached hydrogens (tertiary/aromatic N) is 1. The molecule has 0 aromatic heterocycles. The van der Waals surface area contributed by atoms with Crippen LogP contribution in [0.15, 0.2) is 24.3 Å². The molecule has 2 heterocycles. The van der Waals surface area contributed by atoms with Gasteiger partial charge >= 0.3 is 0 Å². The van der Waals surface area contributed by atoms with Crippen molar-refractivity contribution >= 4 is 5.91 Å². The van der Waals surface area contributed by atoms with Crippen molar-refractivity contribution in [3.05, 3.63) is 30.1 Å². The van der Waals surface area contributed by atoms with E-state index in [1.807, 2.05) is 4.90 Å². The average molecular weight is 337 g/mol. The molecule has 5 nitrogen and oxygen atoms in total. The number of hydrogen-bond acceptors (Lipinski definition) is 4. The third kappa shape index (κ3) is 3.70. The first kappa shape index (κ1) is 17.2. The third-order valence-electron chi connectivity index (χ3n) is 4.95. The van der Waals surface area contributed by atoms with E-state index in [0.717, 1.165) is 25.9 Å². The maximum Gasteiger partial charge on any atom is 0.260 e. The minimum absolute atomic E-state index is 0.0415. The standard InChI is InChI=1S/C18H24FNO4/c1-22-13-18-8-2-10-23-16(18)7-9-20(12-18)17(21)11-24-15-5-3-14(19)4-6-15/h3-6,16H,2,7-13H2,1H3/t16-,18+/m1/s1. The summed E-state index contributed by atoms with van der Waals surface area (Å²) in [6, 6.07) is 5.68. The van der Waals surface area contributed by atoms with E-state index in [1.54, 1.807) is 7.11 Å². The average Bonchev–Trinajstić information content (AvgIpc) is 2.60. The first-order chi connectivity index (χ1) is 11.6. The Bertz CT molecular complexity index is 561. The van der Waals surface area contributed by atoms with E-state index in [4.69, 9.17) is 14.2 Å². The van der Waals surface area contributed by atoms with Gasteiger partial charge in [0, 0.05) is 32.2 Å². The first-order valence-electron chi connectivity index (χ1n) is 8.40. The SMILES string of the molecule is COC[C@@]12CCCO[C@@H]1CCN(C(=O)COc1ccc(F)cc1)C2. The third-order valence-corrected chi connectivity index (χ3v) is 4.95. The predicted octanol–water partition coefficient (Wildman–Crippen LogP) is 2.25. The van der Waals surface area contributed by atoms with Gasteiger partial charge in [-0.1, -0.05) is 0 Å². The van der Waals surface area contributed by atoms with E-state index in [2.05, 4.69) is 0 Å². The Morgan fingerprint density at radius 1 is 1.42 bits per heavy atom. The Morgan fingerprint density at radius 2 is 2.21 bits per heavy atom. The monoisotopic (exact) mass is 337 g/mol. The largest absolute Gasteiger partial charge is 0.484 e. The lowest BCUT2D eigenvalue weighted by Crippen LogP contribution is -2.58. The van der Waals surface area contributed by atoms with Crippen LogP contribution in [-0.2, 0) is 14.3 Å².